The molecule has 1 aliphatic carbocycles. The van der Waals surface area contributed by atoms with Crippen LogP contribution in [0.3, 0.4) is 0 Å². The van der Waals surface area contributed by atoms with Crippen molar-refractivity contribution in [3.63, 3.8) is 0 Å². The average Bonchev–Trinajstić information content (AvgIpc) is 2.49. The summed E-state index contributed by atoms with van der Waals surface area (Å²) in [4.78, 5) is 14.8. The van der Waals surface area contributed by atoms with Gasteiger partial charge in [0.2, 0.25) is 5.91 Å². The van der Waals surface area contributed by atoms with Gasteiger partial charge in [0.05, 0.1) is 6.42 Å². The molecule has 1 aromatic carbocycles. The van der Waals surface area contributed by atoms with Crippen molar-refractivity contribution in [3.8, 4) is 0 Å². The molecule has 1 saturated carbocycles. The summed E-state index contributed by atoms with van der Waals surface area (Å²) in [6, 6.07) is 6.74. The molecule has 3 nitrogen and oxygen atoms in total. The molecule has 0 saturated heterocycles. The molecule has 0 atom stereocenters. The highest BCUT2D eigenvalue weighted by molar-refractivity contribution is 5.79. The first-order valence-electron chi connectivity index (χ1n) is 8.17. The van der Waals surface area contributed by atoms with E-state index < -0.39 is 0 Å². The standard InChI is InChI=1S/C18H28N2O/c1-14-8-9-15(2)16(12-14)13-18(21)20(11-10-19)17-6-4-3-5-7-17/h8-9,12,17H,3-7,10-11,13,19H2,1-2H3. The Morgan fingerprint density at radius 2 is 1.95 bits per heavy atom. The summed E-state index contributed by atoms with van der Waals surface area (Å²) < 4.78 is 0. The number of amides is 1. The van der Waals surface area contributed by atoms with Crippen molar-refractivity contribution >= 4 is 5.91 Å². The molecular formula is C18H28N2O. The molecule has 1 amide bonds. The van der Waals surface area contributed by atoms with Crippen molar-refractivity contribution < 1.29 is 4.79 Å². The Morgan fingerprint density at radius 3 is 2.62 bits per heavy atom. The minimum atomic E-state index is 0.237. The van der Waals surface area contributed by atoms with Gasteiger partial charge in [0, 0.05) is 19.1 Å². The molecule has 3 heteroatoms. The molecule has 1 aliphatic rings. The van der Waals surface area contributed by atoms with Gasteiger partial charge in [0.1, 0.15) is 0 Å². The third-order valence-corrected chi connectivity index (χ3v) is 4.55. The second-order valence-electron chi connectivity index (χ2n) is 6.27. The van der Waals surface area contributed by atoms with Gasteiger partial charge < -0.3 is 10.6 Å². The lowest BCUT2D eigenvalue weighted by Crippen LogP contribution is -2.44. The SMILES string of the molecule is Cc1ccc(C)c(CC(=O)N(CCN)C2CCCCC2)c1. The minimum Gasteiger partial charge on any atom is -0.338 e. The van der Waals surface area contributed by atoms with Gasteiger partial charge in [-0.15, -0.1) is 0 Å². The number of hydrogen-bond donors (Lipinski definition) is 1. The number of hydrogen-bond acceptors (Lipinski definition) is 2. The summed E-state index contributed by atoms with van der Waals surface area (Å²) in [5.41, 5.74) is 9.29. The number of carbonyl (C=O) groups excluding carboxylic acids is 1. The number of aryl methyl sites for hydroxylation is 2. The Kier molecular flexibility index (Phi) is 5.80. The van der Waals surface area contributed by atoms with Crippen LogP contribution in [0.25, 0.3) is 0 Å². The van der Waals surface area contributed by atoms with E-state index in [1.165, 1.54) is 30.4 Å². The number of carbonyl (C=O) groups is 1. The van der Waals surface area contributed by atoms with E-state index in [0.717, 1.165) is 18.4 Å². The van der Waals surface area contributed by atoms with Crippen molar-refractivity contribution in [2.24, 2.45) is 5.73 Å². The quantitative estimate of drug-likeness (QED) is 0.905. The maximum absolute atomic E-state index is 12.7. The van der Waals surface area contributed by atoms with Crippen molar-refractivity contribution in [1.29, 1.82) is 0 Å². The second-order valence-corrected chi connectivity index (χ2v) is 6.27. The fourth-order valence-electron chi connectivity index (χ4n) is 3.30. The van der Waals surface area contributed by atoms with Crippen LogP contribution in [0.5, 0.6) is 0 Å². The summed E-state index contributed by atoms with van der Waals surface area (Å²) in [5.74, 6) is 0.237. The van der Waals surface area contributed by atoms with Crippen LogP contribution in [0.4, 0.5) is 0 Å². The van der Waals surface area contributed by atoms with Crippen LogP contribution in [-0.2, 0) is 11.2 Å². The molecule has 116 valence electrons. The van der Waals surface area contributed by atoms with Crippen molar-refractivity contribution in [1.82, 2.24) is 4.90 Å². The van der Waals surface area contributed by atoms with Gasteiger partial charge in [-0.2, -0.15) is 0 Å². The maximum atomic E-state index is 12.7. The van der Waals surface area contributed by atoms with Crippen LogP contribution in [0, 0.1) is 13.8 Å². The monoisotopic (exact) mass is 288 g/mol. The Balaban J connectivity index is 2.08. The van der Waals surface area contributed by atoms with Crippen LogP contribution in [0.2, 0.25) is 0 Å². The molecule has 0 aliphatic heterocycles. The summed E-state index contributed by atoms with van der Waals surface area (Å²) in [6.07, 6.45) is 6.56. The Bertz CT molecular complexity index is 478. The van der Waals surface area contributed by atoms with E-state index in [0.29, 0.717) is 25.6 Å². The molecule has 0 radical (unpaired) electrons. The minimum absolute atomic E-state index is 0.237. The Labute approximate surface area is 128 Å². The average molecular weight is 288 g/mol. The molecule has 21 heavy (non-hydrogen) atoms. The van der Waals surface area contributed by atoms with Crippen LogP contribution in [0.15, 0.2) is 18.2 Å². The molecule has 1 aromatic rings. The van der Waals surface area contributed by atoms with Gasteiger partial charge in [-0.25, -0.2) is 0 Å². The first kappa shape index (κ1) is 16.0. The zero-order valence-corrected chi connectivity index (χ0v) is 13.4. The van der Waals surface area contributed by atoms with E-state index in [1.807, 2.05) is 4.90 Å². The van der Waals surface area contributed by atoms with E-state index in [2.05, 4.69) is 32.0 Å². The highest BCUT2D eigenvalue weighted by Crippen LogP contribution is 2.23. The molecular weight excluding hydrogens is 260 g/mol. The Morgan fingerprint density at radius 1 is 1.24 bits per heavy atom. The molecule has 0 bridgehead atoms. The largest absolute Gasteiger partial charge is 0.338 e. The normalized spacial score (nSPS) is 16.0. The van der Waals surface area contributed by atoms with Gasteiger partial charge in [-0.05, 0) is 37.8 Å². The van der Waals surface area contributed by atoms with E-state index in [9.17, 15) is 4.79 Å². The number of nitrogens with two attached hydrogens (primary N) is 1. The van der Waals surface area contributed by atoms with Gasteiger partial charge in [-0.3, -0.25) is 4.79 Å². The zero-order chi connectivity index (χ0) is 15.2. The Hall–Kier alpha value is -1.35. The molecule has 1 fully saturated rings. The lowest BCUT2D eigenvalue weighted by Gasteiger charge is -2.34. The van der Waals surface area contributed by atoms with Crippen LogP contribution in [-0.4, -0.2) is 29.9 Å². The van der Waals surface area contributed by atoms with E-state index >= 15 is 0 Å². The van der Waals surface area contributed by atoms with Crippen LogP contribution >= 0.6 is 0 Å². The number of benzene rings is 1. The number of nitrogens with zero attached hydrogens (tertiary/aromatic N) is 1. The van der Waals surface area contributed by atoms with Crippen molar-refractivity contribution in [2.45, 2.75) is 58.4 Å². The topological polar surface area (TPSA) is 46.3 Å². The van der Waals surface area contributed by atoms with Gasteiger partial charge in [0.15, 0.2) is 0 Å². The third-order valence-electron chi connectivity index (χ3n) is 4.55. The summed E-state index contributed by atoms with van der Waals surface area (Å²) in [5, 5.41) is 0. The van der Waals surface area contributed by atoms with E-state index in [-0.39, 0.29) is 5.91 Å². The summed E-state index contributed by atoms with van der Waals surface area (Å²) >= 11 is 0. The summed E-state index contributed by atoms with van der Waals surface area (Å²) in [7, 11) is 0. The maximum Gasteiger partial charge on any atom is 0.227 e. The lowest BCUT2D eigenvalue weighted by molar-refractivity contribution is -0.133. The van der Waals surface area contributed by atoms with Crippen LogP contribution < -0.4 is 5.73 Å². The smallest absolute Gasteiger partial charge is 0.227 e. The molecule has 2 N–H and O–H groups in total. The molecule has 0 spiro atoms. The van der Waals surface area contributed by atoms with Crippen LogP contribution in [0.1, 0.15) is 48.8 Å². The highest BCUT2D eigenvalue weighted by atomic mass is 16.2. The highest BCUT2D eigenvalue weighted by Gasteiger charge is 2.25. The molecule has 0 heterocycles. The molecule has 0 aromatic heterocycles. The third kappa shape index (κ3) is 4.31. The van der Waals surface area contributed by atoms with Gasteiger partial charge >= 0.3 is 0 Å². The predicted octanol–water partition coefficient (Wildman–Crippen LogP) is 2.97. The first-order valence-corrected chi connectivity index (χ1v) is 8.17. The lowest BCUT2D eigenvalue weighted by atomic mass is 9.93. The zero-order valence-electron chi connectivity index (χ0n) is 13.4. The summed E-state index contributed by atoms with van der Waals surface area (Å²) in [6.45, 7) is 5.39. The van der Waals surface area contributed by atoms with Gasteiger partial charge in [-0.1, -0.05) is 43.0 Å². The van der Waals surface area contributed by atoms with E-state index in [4.69, 9.17) is 5.73 Å². The van der Waals surface area contributed by atoms with Gasteiger partial charge in [0.25, 0.3) is 0 Å². The van der Waals surface area contributed by atoms with Crippen molar-refractivity contribution in [3.05, 3.63) is 34.9 Å². The number of rotatable bonds is 5. The second kappa shape index (κ2) is 7.60. The first-order chi connectivity index (χ1) is 10.1. The molecule has 0 unspecified atom stereocenters. The fraction of sp³-hybridized carbons (Fsp3) is 0.611. The predicted molar refractivity (Wildman–Crippen MR) is 87.3 cm³/mol. The van der Waals surface area contributed by atoms with E-state index in [1.54, 1.807) is 0 Å². The molecule has 2 rings (SSSR count). The van der Waals surface area contributed by atoms with Crippen molar-refractivity contribution in [2.75, 3.05) is 13.1 Å². The fourth-order valence-corrected chi connectivity index (χ4v) is 3.30.